The minimum atomic E-state index is -0.293. The fourth-order valence-electron chi connectivity index (χ4n) is 1.78. The first-order valence-corrected chi connectivity index (χ1v) is 6.44. The standard InChI is InChI=1S/C14H21FN2O2/c1-4-17-10(2)12-9-11(15)5-6-13(12)19-8-7-14(18)16-3/h5-6,9-10,17H,4,7-8H2,1-3H3,(H,16,18). The monoisotopic (exact) mass is 268 g/mol. The largest absolute Gasteiger partial charge is 0.493 e. The van der Waals surface area contributed by atoms with Gasteiger partial charge in [-0.1, -0.05) is 6.92 Å². The highest BCUT2D eigenvalue weighted by Crippen LogP contribution is 2.26. The zero-order valence-electron chi connectivity index (χ0n) is 11.6. The van der Waals surface area contributed by atoms with Gasteiger partial charge >= 0.3 is 0 Å². The van der Waals surface area contributed by atoms with Crippen molar-refractivity contribution in [3.63, 3.8) is 0 Å². The highest BCUT2D eigenvalue weighted by Gasteiger charge is 2.12. The topological polar surface area (TPSA) is 50.4 Å². The van der Waals surface area contributed by atoms with Gasteiger partial charge in [-0.3, -0.25) is 4.79 Å². The minimum Gasteiger partial charge on any atom is -0.493 e. The summed E-state index contributed by atoms with van der Waals surface area (Å²) in [5.41, 5.74) is 0.763. The third-order valence-electron chi connectivity index (χ3n) is 2.81. The van der Waals surface area contributed by atoms with Gasteiger partial charge in [0.2, 0.25) is 5.91 Å². The molecule has 1 atom stereocenters. The van der Waals surface area contributed by atoms with Gasteiger partial charge in [0.05, 0.1) is 13.0 Å². The Balaban J connectivity index is 2.73. The maximum Gasteiger partial charge on any atom is 0.223 e. The summed E-state index contributed by atoms with van der Waals surface area (Å²) in [6.07, 6.45) is 0.281. The molecule has 1 amide bonds. The van der Waals surface area contributed by atoms with E-state index in [2.05, 4.69) is 10.6 Å². The molecule has 0 radical (unpaired) electrons. The van der Waals surface area contributed by atoms with Crippen LogP contribution in [0.15, 0.2) is 18.2 Å². The van der Waals surface area contributed by atoms with Crippen LogP contribution >= 0.6 is 0 Å². The molecule has 2 N–H and O–H groups in total. The van der Waals surface area contributed by atoms with Crippen molar-refractivity contribution in [2.45, 2.75) is 26.3 Å². The predicted octanol–water partition coefficient (Wildman–Crippen LogP) is 2.01. The van der Waals surface area contributed by atoms with E-state index in [0.29, 0.717) is 5.75 Å². The molecule has 0 spiro atoms. The number of nitrogens with one attached hydrogen (secondary N) is 2. The molecule has 0 aliphatic carbocycles. The minimum absolute atomic E-state index is 0.00398. The van der Waals surface area contributed by atoms with E-state index >= 15 is 0 Å². The Morgan fingerprint density at radius 3 is 2.84 bits per heavy atom. The number of ether oxygens (including phenoxy) is 1. The average molecular weight is 268 g/mol. The molecule has 1 aromatic rings. The van der Waals surface area contributed by atoms with Gasteiger partial charge in [-0.15, -0.1) is 0 Å². The highest BCUT2D eigenvalue weighted by molar-refractivity contribution is 5.75. The van der Waals surface area contributed by atoms with Crippen molar-refractivity contribution in [1.29, 1.82) is 0 Å². The summed E-state index contributed by atoms with van der Waals surface area (Å²) in [4.78, 5) is 11.1. The molecule has 1 rings (SSSR count). The van der Waals surface area contributed by atoms with E-state index in [1.165, 1.54) is 12.1 Å². The van der Waals surface area contributed by atoms with Crippen molar-refractivity contribution in [3.05, 3.63) is 29.6 Å². The Hall–Kier alpha value is -1.62. The summed E-state index contributed by atoms with van der Waals surface area (Å²) in [5.74, 6) is 0.237. The number of rotatable bonds is 7. The van der Waals surface area contributed by atoms with E-state index in [1.807, 2.05) is 13.8 Å². The van der Waals surface area contributed by atoms with Crippen LogP contribution in [0.25, 0.3) is 0 Å². The fraction of sp³-hybridized carbons (Fsp3) is 0.500. The molecule has 19 heavy (non-hydrogen) atoms. The molecule has 0 heterocycles. The second-order valence-corrected chi connectivity index (χ2v) is 4.23. The third-order valence-corrected chi connectivity index (χ3v) is 2.81. The number of hydrogen-bond donors (Lipinski definition) is 2. The summed E-state index contributed by atoms with van der Waals surface area (Å²) in [6, 6.07) is 4.41. The molecule has 0 aliphatic rings. The van der Waals surface area contributed by atoms with Crippen LogP contribution in [0, 0.1) is 5.82 Å². The highest BCUT2D eigenvalue weighted by atomic mass is 19.1. The lowest BCUT2D eigenvalue weighted by atomic mass is 10.1. The summed E-state index contributed by atoms with van der Waals surface area (Å²) >= 11 is 0. The van der Waals surface area contributed by atoms with Crippen molar-refractivity contribution >= 4 is 5.91 Å². The molecule has 0 saturated heterocycles. The van der Waals surface area contributed by atoms with Gasteiger partial charge in [-0.2, -0.15) is 0 Å². The van der Waals surface area contributed by atoms with E-state index in [1.54, 1.807) is 13.1 Å². The van der Waals surface area contributed by atoms with Crippen LogP contribution in [-0.2, 0) is 4.79 Å². The van der Waals surface area contributed by atoms with E-state index in [4.69, 9.17) is 4.74 Å². The van der Waals surface area contributed by atoms with Gasteiger partial charge < -0.3 is 15.4 Å². The summed E-state index contributed by atoms with van der Waals surface area (Å²) in [5, 5.41) is 5.74. The average Bonchev–Trinajstić information content (AvgIpc) is 2.40. The number of amides is 1. The molecule has 0 saturated carbocycles. The molecule has 106 valence electrons. The number of benzene rings is 1. The van der Waals surface area contributed by atoms with Crippen LogP contribution < -0.4 is 15.4 Å². The Bertz CT molecular complexity index is 424. The predicted molar refractivity (Wildman–Crippen MR) is 72.7 cm³/mol. The van der Waals surface area contributed by atoms with Crippen molar-refractivity contribution in [2.75, 3.05) is 20.2 Å². The lowest BCUT2D eigenvalue weighted by Gasteiger charge is -2.17. The molecule has 1 aromatic carbocycles. The van der Waals surface area contributed by atoms with E-state index in [0.717, 1.165) is 12.1 Å². The maximum absolute atomic E-state index is 13.3. The molecule has 0 fully saturated rings. The van der Waals surface area contributed by atoms with E-state index < -0.39 is 0 Å². The van der Waals surface area contributed by atoms with Gasteiger partial charge in [0.25, 0.3) is 0 Å². The Morgan fingerprint density at radius 1 is 1.47 bits per heavy atom. The van der Waals surface area contributed by atoms with Crippen LogP contribution in [-0.4, -0.2) is 26.1 Å². The van der Waals surface area contributed by atoms with Gasteiger partial charge in [0, 0.05) is 18.7 Å². The van der Waals surface area contributed by atoms with Crippen LogP contribution in [0.3, 0.4) is 0 Å². The second kappa shape index (κ2) is 7.74. The van der Waals surface area contributed by atoms with Crippen LogP contribution in [0.4, 0.5) is 4.39 Å². The molecule has 4 nitrogen and oxygen atoms in total. The van der Waals surface area contributed by atoms with Crippen molar-refractivity contribution in [3.8, 4) is 5.75 Å². The Kier molecular flexibility index (Phi) is 6.29. The van der Waals surface area contributed by atoms with Crippen LogP contribution in [0.2, 0.25) is 0 Å². The van der Waals surface area contributed by atoms with Gasteiger partial charge in [-0.05, 0) is 31.7 Å². The Labute approximate surface area is 113 Å². The zero-order chi connectivity index (χ0) is 14.3. The van der Waals surface area contributed by atoms with E-state index in [-0.39, 0.29) is 30.8 Å². The number of carbonyl (C=O) groups excluding carboxylic acids is 1. The molecule has 5 heteroatoms. The number of hydrogen-bond acceptors (Lipinski definition) is 3. The normalized spacial score (nSPS) is 12.0. The molecular formula is C14H21FN2O2. The Morgan fingerprint density at radius 2 is 2.21 bits per heavy atom. The third kappa shape index (κ3) is 4.87. The number of halogens is 1. The van der Waals surface area contributed by atoms with Gasteiger partial charge in [-0.25, -0.2) is 4.39 Å². The van der Waals surface area contributed by atoms with Gasteiger partial charge in [0.1, 0.15) is 11.6 Å². The van der Waals surface area contributed by atoms with E-state index in [9.17, 15) is 9.18 Å². The first kappa shape index (κ1) is 15.4. The smallest absolute Gasteiger partial charge is 0.223 e. The lowest BCUT2D eigenvalue weighted by molar-refractivity contribution is -0.121. The van der Waals surface area contributed by atoms with Crippen LogP contribution in [0.1, 0.15) is 31.9 Å². The summed E-state index contributed by atoms with van der Waals surface area (Å²) in [6.45, 7) is 5.00. The van der Waals surface area contributed by atoms with Crippen molar-refractivity contribution in [1.82, 2.24) is 10.6 Å². The molecule has 0 aromatic heterocycles. The lowest BCUT2D eigenvalue weighted by Crippen LogP contribution is -2.21. The molecular weight excluding hydrogens is 247 g/mol. The first-order valence-electron chi connectivity index (χ1n) is 6.44. The fourth-order valence-corrected chi connectivity index (χ4v) is 1.78. The van der Waals surface area contributed by atoms with Crippen molar-refractivity contribution in [2.24, 2.45) is 0 Å². The van der Waals surface area contributed by atoms with Crippen LogP contribution in [0.5, 0.6) is 5.75 Å². The molecule has 0 bridgehead atoms. The molecule has 1 unspecified atom stereocenters. The van der Waals surface area contributed by atoms with Crippen molar-refractivity contribution < 1.29 is 13.9 Å². The second-order valence-electron chi connectivity index (χ2n) is 4.23. The quantitative estimate of drug-likeness (QED) is 0.795. The summed E-state index contributed by atoms with van der Waals surface area (Å²) < 4.78 is 18.9. The SMILES string of the molecule is CCNC(C)c1cc(F)ccc1OCCC(=O)NC. The zero-order valence-corrected chi connectivity index (χ0v) is 11.6. The number of carbonyl (C=O) groups is 1. The first-order chi connectivity index (χ1) is 9.08. The van der Waals surface area contributed by atoms with Gasteiger partial charge in [0.15, 0.2) is 0 Å². The molecule has 0 aliphatic heterocycles. The summed E-state index contributed by atoms with van der Waals surface area (Å²) in [7, 11) is 1.58. The maximum atomic E-state index is 13.3.